The van der Waals surface area contributed by atoms with Crippen molar-refractivity contribution < 1.29 is 9.53 Å². The molecule has 2 aromatic carbocycles. The average molecular weight is 486 g/mol. The maximum absolute atomic E-state index is 13.2. The predicted octanol–water partition coefficient (Wildman–Crippen LogP) is 4.54. The zero-order valence-corrected chi connectivity index (χ0v) is 20.4. The Bertz CT molecular complexity index is 1600. The smallest absolute Gasteiger partial charge is 0.342 e. The minimum Gasteiger partial charge on any atom is -0.455 e. The summed E-state index contributed by atoms with van der Waals surface area (Å²) in [7, 11) is 0. The van der Waals surface area contributed by atoms with E-state index in [1.54, 1.807) is 10.9 Å². The maximum atomic E-state index is 13.2. The lowest BCUT2D eigenvalue weighted by atomic mass is 10.0. The Labute approximate surface area is 205 Å². The van der Waals surface area contributed by atoms with Crippen LogP contribution < -0.4 is 5.56 Å². The highest BCUT2D eigenvalue weighted by molar-refractivity contribution is 7.16. The third-order valence-electron chi connectivity index (χ3n) is 5.59. The molecule has 0 N–H and O–H groups in total. The molecule has 5 rings (SSSR count). The van der Waals surface area contributed by atoms with Gasteiger partial charge < -0.3 is 4.74 Å². The van der Waals surface area contributed by atoms with Crippen molar-refractivity contribution in [2.45, 2.75) is 33.8 Å². The summed E-state index contributed by atoms with van der Waals surface area (Å²) in [5.41, 5.74) is 4.76. The normalized spacial score (nSPS) is 11.2. The van der Waals surface area contributed by atoms with Gasteiger partial charge in [-0.15, -0.1) is 0 Å². The number of hydrogen-bond acceptors (Lipinski definition) is 7. The van der Waals surface area contributed by atoms with Crippen molar-refractivity contribution in [3.8, 4) is 16.9 Å². The minimum atomic E-state index is -0.539. The van der Waals surface area contributed by atoms with Crippen LogP contribution in [0.4, 0.5) is 0 Å². The summed E-state index contributed by atoms with van der Waals surface area (Å²) in [4.78, 5) is 30.6. The molecule has 3 heterocycles. The lowest BCUT2D eigenvalue weighted by Crippen LogP contribution is -2.16. The number of ether oxygens (including phenoxy) is 1. The van der Waals surface area contributed by atoms with Gasteiger partial charge in [-0.25, -0.2) is 14.5 Å². The van der Waals surface area contributed by atoms with Gasteiger partial charge in [0.25, 0.3) is 5.56 Å². The Morgan fingerprint density at radius 2 is 1.86 bits per heavy atom. The van der Waals surface area contributed by atoms with Gasteiger partial charge in [-0.3, -0.25) is 4.79 Å². The molecule has 0 unspecified atom stereocenters. The number of fused-ring (bicyclic) bond motifs is 1. The first-order valence-corrected chi connectivity index (χ1v) is 12.0. The number of aryl methyl sites for hydroxylation is 3. The molecule has 0 saturated heterocycles. The van der Waals surface area contributed by atoms with E-state index in [-0.39, 0.29) is 12.2 Å². The molecule has 35 heavy (non-hydrogen) atoms. The van der Waals surface area contributed by atoms with E-state index in [0.717, 1.165) is 27.4 Å². The topological polar surface area (TPSA) is 91.4 Å². The Balaban J connectivity index is 1.48. The monoisotopic (exact) mass is 485 g/mol. The number of para-hydroxylation sites is 1. The van der Waals surface area contributed by atoms with Crippen molar-refractivity contribution >= 4 is 22.3 Å². The van der Waals surface area contributed by atoms with Gasteiger partial charge in [0.2, 0.25) is 4.96 Å². The van der Waals surface area contributed by atoms with Gasteiger partial charge in [-0.05, 0) is 38.0 Å². The SMILES string of the molecule is CCc1nn2c(=O)cc(COC(=O)c3cn(-c4ccccc4)nc3-c3ccc(C)cc3C)nc2s1. The van der Waals surface area contributed by atoms with Crippen LogP contribution in [0.25, 0.3) is 21.9 Å². The molecule has 0 saturated carbocycles. The number of benzene rings is 2. The summed E-state index contributed by atoms with van der Waals surface area (Å²) in [6, 6.07) is 16.9. The Morgan fingerprint density at radius 1 is 1.06 bits per heavy atom. The first kappa shape index (κ1) is 22.7. The molecule has 0 fully saturated rings. The summed E-state index contributed by atoms with van der Waals surface area (Å²) >= 11 is 1.35. The standard InChI is InChI=1S/C26H23N5O3S/c1-4-22-28-31-23(32)13-18(27-26(31)35-22)15-34-25(33)21-14-30(19-8-6-5-7-9-19)29-24(21)20-11-10-16(2)12-17(20)3/h5-14H,4,15H2,1-3H3. The summed E-state index contributed by atoms with van der Waals surface area (Å²) in [5, 5.41) is 9.79. The highest BCUT2D eigenvalue weighted by Gasteiger charge is 2.22. The molecule has 0 aliphatic heterocycles. The lowest BCUT2D eigenvalue weighted by Gasteiger charge is -2.07. The number of hydrogen-bond donors (Lipinski definition) is 0. The van der Waals surface area contributed by atoms with Crippen molar-refractivity contribution in [1.82, 2.24) is 24.4 Å². The quantitative estimate of drug-likeness (QED) is 0.328. The molecular weight excluding hydrogens is 462 g/mol. The molecular formula is C26H23N5O3S. The number of carbonyl (C=O) groups is 1. The van der Waals surface area contributed by atoms with E-state index in [9.17, 15) is 9.59 Å². The van der Waals surface area contributed by atoms with Gasteiger partial charge in [0, 0.05) is 17.8 Å². The second-order valence-electron chi connectivity index (χ2n) is 8.20. The van der Waals surface area contributed by atoms with Crippen molar-refractivity contribution in [3.63, 3.8) is 0 Å². The molecule has 0 spiro atoms. The van der Waals surface area contributed by atoms with Crippen LogP contribution in [0.3, 0.4) is 0 Å². The fourth-order valence-corrected chi connectivity index (χ4v) is 4.70. The number of nitrogens with zero attached hydrogens (tertiary/aromatic N) is 5. The highest BCUT2D eigenvalue weighted by Crippen LogP contribution is 2.28. The number of esters is 1. The van der Waals surface area contributed by atoms with E-state index in [2.05, 4.69) is 16.1 Å². The highest BCUT2D eigenvalue weighted by atomic mass is 32.1. The molecule has 0 aliphatic carbocycles. The predicted molar refractivity (Wildman–Crippen MR) is 134 cm³/mol. The summed E-state index contributed by atoms with van der Waals surface area (Å²) in [6.07, 6.45) is 2.39. The van der Waals surface area contributed by atoms with Crippen molar-refractivity contribution in [1.29, 1.82) is 0 Å². The van der Waals surface area contributed by atoms with E-state index in [4.69, 9.17) is 9.84 Å². The minimum absolute atomic E-state index is 0.132. The largest absolute Gasteiger partial charge is 0.455 e. The van der Waals surface area contributed by atoms with Crippen LogP contribution >= 0.6 is 11.3 Å². The third kappa shape index (κ3) is 4.50. The molecule has 9 heteroatoms. The van der Waals surface area contributed by atoms with Crippen molar-refractivity contribution in [2.24, 2.45) is 0 Å². The van der Waals surface area contributed by atoms with Gasteiger partial charge in [-0.2, -0.15) is 14.7 Å². The first-order valence-electron chi connectivity index (χ1n) is 11.2. The molecule has 3 aromatic heterocycles. The average Bonchev–Trinajstić information content (AvgIpc) is 3.48. The van der Waals surface area contributed by atoms with Crippen LogP contribution in [-0.4, -0.2) is 30.3 Å². The van der Waals surface area contributed by atoms with Gasteiger partial charge in [0.05, 0.1) is 11.4 Å². The van der Waals surface area contributed by atoms with E-state index < -0.39 is 5.97 Å². The van der Waals surface area contributed by atoms with E-state index in [0.29, 0.717) is 28.3 Å². The van der Waals surface area contributed by atoms with E-state index >= 15 is 0 Å². The van der Waals surface area contributed by atoms with Gasteiger partial charge in [0.1, 0.15) is 22.9 Å². The number of rotatable bonds is 6. The lowest BCUT2D eigenvalue weighted by molar-refractivity contribution is 0.0468. The zero-order valence-electron chi connectivity index (χ0n) is 19.6. The van der Waals surface area contributed by atoms with Gasteiger partial charge >= 0.3 is 5.97 Å². The molecule has 8 nitrogen and oxygen atoms in total. The van der Waals surface area contributed by atoms with E-state index in [1.165, 1.54) is 21.9 Å². The third-order valence-corrected chi connectivity index (χ3v) is 6.64. The zero-order chi connectivity index (χ0) is 24.5. The molecule has 0 atom stereocenters. The molecule has 176 valence electrons. The number of aromatic nitrogens is 5. The van der Waals surface area contributed by atoms with Gasteiger partial charge in [0.15, 0.2) is 0 Å². The van der Waals surface area contributed by atoms with Crippen LogP contribution in [0.2, 0.25) is 0 Å². The molecule has 0 amide bonds. The Morgan fingerprint density at radius 3 is 2.60 bits per heavy atom. The summed E-state index contributed by atoms with van der Waals surface area (Å²) < 4.78 is 8.55. The van der Waals surface area contributed by atoms with E-state index in [1.807, 2.05) is 63.2 Å². The van der Waals surface area contributed by atoms with Crippen LogP contribution in [-0.2, 0) is 17.8 Å². The Kier molecular flexibility index (Phi) is 6.00. The fourth-order valence-electron chi connectivity index (χ4n) is 3.84. The summed E-state index contributed by atoms with van der Waals surface area (Å²) in [6.45, 7) is 5.85. The van der Waals surface area contributed by atoms with Crippen LogP contribution in [0, 0.1) is 13.8 Å². The first-order chi connectivity index (χ1) is 16.9. The maximum Gasteiger partial charge on any atom is 0.342 e. The van der Waals surface area contributed by atoms with Crippen LogP contribution in [0.15, 0.2) is 65.6 Å². The van der Waals surface area contributed by atoms with Crippen molar-refractivity contribution in [2.75, 3.05) is 0 Å². The molecule has 5 aromatic rings. The number of carbonyl (C=O) groups excluding carboxylic acids is 1. The second kappa shape index (κ2) is 9.27. The van der Waals surface area contributed by atoms with Gasteiger partial charge in [-0.1, -0.05) is 60.2 Å². The van der Waals surface area contributed by atoms with Crippen LogP contribution in [0.5, 0.6) is 0 Å². The van der Waals surface area contributed by atoms with Crippen molar-refractivity contribution in [3.05, 3.63) is 98.5 Å². The molecule has 0 bridgehead atoms. The molecule has 0 radical (unpaired) electrons. The molecule has 0 aliphatic rings. The second-order valence-corrected chi connectivity index (χ2v) is 9.24. The van der Waals surface area contributed by atoms with Crippen LogP contribution in [0.1, 0.15) is 39.1 Å². The Hall–Kier alpha value is -4.11. The summed E-state index contributed by atoms with van der Waals surface area (Å²) in [5.74, 6) is -0.539. The fraction of sp³-hybridized carbons (Fsp3) is 0.192.